The van der Waals surface area contributed by atoms with Crippen molar-refractivity contribution in [3.63, 3.8) is 0 Å². The average Bonchev–Trinajstić information content (AvgIpc) is 2.33. The highest BCUT2D eigenvalue weighted by Crippen LogP contribution is 2.21. The van der Waals surface area contributed by atoms with Crippen LogP contribution < -0.4 is 0 Å². The van der Waals surface area contributed by atoms with Gasteiger partial charge in [0.1, 0.15) is 0 Å². The van der Waals surface area contributed by atoms with Crippen LogP contribution in [0.4, 0.5) is 0 Å². The van der Waals surface area contributed by atoms with Crippen LogP contribution in [0.3, 0.4) is 0 Å². The molecule has 2 saturated heterocycles. The summed E-state index contributed by atoms with van der Waals surface area (Å²) in [5.41, 5.74) is 2.05. The Hall–Kier alpha value is 0.0938. The van der Waals surface area contributed by atoms with Crippen LogP contribution in [0, 0.1) is 0 Å². The normalized spacial score (nSPS) is 32.9. The first-order valence-corrected chi connectivity index (χ1v) is 10.4. The van der Waals surface area contributed by atoms with Crippen molar-refractivity contribution in [1.29, 1.82) is 0 Å². The van der Waals surface area contributed by atoms with Crippen molar-refractivity contribution < 1.29 is 8.85 Å². The second kappa shape index (κ2) is 7.38. The smallest absolute Gasteiger partial charge is 0.213 e. The lowest BCUT2D eigenvalue weighted by molar-refractivity contribution is 0.278. The summed E-state index contributed by atoms with van der Waals surface area (Å²) in [5.74, 6) is 0. The molecule has 0 spiro atoms. The second-order valence-electron chi connectivity index (χ2n) is 4.50. The number of rotatable bonds is 1. The average molecular weight is 244 g/mol. The van der Waals surface area contributed by atoms with Gasteiger partial charge in [-0.1, -0.05) is 18.5 Å². The van der Waals surface area contributed by atoms with E-state index in [1.54, 1.807) is 0 Å². The molecule has 0 saturated carbocycles. The second-order valence-corrected chi connectivity index (χ2v) is 9.84. The summed E-state index contributed by atoms with van der Waals surface area (Å²) in [6.07, 6.45) is 5.34. The third-order valence-corrected chi connectivity index (χ3v) is 7.45. The molecule has 88 valence electrons. The molecular weight excluding hydrogens is 220 g/mol. The van der Waals surface area contributed by atoms with E-state index in [2.05, 4.69) is 13.1 Å². The Morgan fingerprint density at radius 3 is 2.27 bits per heavy atom. The van der Waals surface area contributed by atoms with E-state index in [0.29, 0.717) is 0 Å². The Balaban J connectivity index is 0.000000162. The van der Waals surface area contributed by atoms with Crippen LogP contribution in [0.2, 0.25) is 18.6 Å². The Bertz CT molecular complexity index is 164. The van der Waals surface area contributed by atoms with Gasteiger partial charge in [0.25, 0.3) is 0 Å². The molecule has 2 rings (SSSR count). The standard InChI is InChI=1S/C7H14OSi.C4H10OSi/c1-3-9(2)7-5-4-6-8-9;1-2-4-6-5-3-1/h3H,1,4-7H2,2H3;1-4,6H2. The van der Waals surface area contributed by atoms with Gasteiger partial charge < -0.3 is 8.85 Å². The van der Waals surface area contributed by atoms with Gasteiger partial charge >= 0.3 is 0 Å². The molecule has 2 heterocycles. The van der Waals surface area contributed by atoms with Crippen LogP contribution in [0.5, 0.6) is 0 Å². The zero-order valence-electron chi connectivity index (χ0n) is 9.96. The van der Waals surface area contributed by atoms with E-state index in [0.717, 1.165) is 13.2 Å². The maximum Gasteiger partial charge on any atom is 0.213 e. The van der Waals surface area contributed by atoms with Crippen molar-refractivity contribution in [2.45, 2.75) is 44.3 Å². The molecule has 1 unspecified atom stereocenters. The minimum Gasteiger partial charge on any atom is -0.424 e. The van der Waals surface area contributed by atoms with Gasteiger partial charge in [-0.05, 0) is 31.5 Å². The molecule has 15 heavy (non-hydrogen) atoms. The summed E-state index contributed by atoms with van der Waals surface area (Å²) < 4.78 is 10.8. The molecule has 2 nitrogen and oxygen atoms in total. The molecule has 0 N–H and O–H groups in total. The third kappa shape index (κ3) is 5.65. The highest BCUT2D eigenvalue weighted by Gasteiger charge is 2.26. The lowest BCUT2D eigenvalue weighted by Crippen LogP contribution is -2.35. The molecule has 2 aliphatic rings. The first-order valence-electron chi connectivity index (χ1n) is 6.12. The first kappa shape index (κ1) is 13.2. The van der Waals surface area contributed by atoms with Crippen molar-refractivity contribution in [2.75, 3.05) is 13.2 Å². The van der Waals surface area contributed by atoms with Gasteiger partial charge in [0.15, 0.2) is 9.76 Å². The molecule has 0 aliphatic carbocycles. The molecule has 0 aromatic heterocycles. The Morgan fingerprint density at radius 2 is 2.00 bits per heavy atom. The highest BCUT2D eigenvalue weighted by molar-refractivity contribution is 6.77. The molecule has 2 aliphatic heterocycles. The fourth-order valence-electron chi connectivity index (χ4n) is 1.80. The molecule has 0 amide bonds. The Labute approximate surface area is 97.1 Å². The van der Waals surface area contributed by atoms with Crippen molar-refractivity contribution in [2.24, 2.45) is 0 Å². The molecule has 2 fully saturated rings. The van der Waals surface area contributed by atoms with Crippen LogP contribution in [-0.4, -0.2) is 31.3 Å². The van der Waals surface area contributed by atoms with Crippen LogP contribution in [0.25, 0.3) is 0 Å². The van der Waals surface area contributed by atoms with E-state index in [-0.39, 0.29) is 9.76 Å². The van der Waals surface area contributed by atoms with Gasteiger partial charge in [0.05, 0.1) is 0 Å². The molecule has 1 atom stereocenters. The molecule has 0 bridgehead atoms. The summed E-state index contributed by atoms with van der Waals surface area (Å²) in [6, 6.07) is 2.69. The van der Waals surface area contributed by atoms with Gasteiger partial charge in [-0.25, -0.2) is 0 Å². The topological polar surface area (TPSA) is 18.5 Å². The predicted octanol–water partition coefficient (Wildman–Crippen LogP) is 2.40. The third-order valence-electron chi connectivity index (χ3n) is 3.01. The lowest BCUT2D eigenvalue weighted by Gasteiger charge is -2.27. The molecule has 0 aromatic carbocycles. The van der Waals surface area contributed by atoms with E-state index in [9.17, 15) is 0 Å². The van der Waals surface area contributed by atoms with Gasteiger partial charge in [0.2, 0.25) is 8.32 Å². The predicted molar refractivity (Wildman–Crippen MR) is 70.3 cm³/mol. The SMILES string of the molecule is C1CC[SiH2]OC1.C=C[Si]1(C)CCCCO1. The number of hydrogen-bond donors (Lipinski definition) is 0. The fourth-order valence-corrected chi connectivity index (χ4v) is 5.00. The minimum absolute atomic E-state index is 0.00849. The molecule has 0 radical (unpaired) electrons. The van der Waals surface area contributed by atoms with E-state index >= 15 is 0 Å². The maximum atomic E-state index is 5.64. The highest BCUT2D eigenvalue weighted by atomic mass is 28.4. The zero-order chi connectivity index (χ0) is 11.0. The quantitative estimate of drug-likeness (QED) is 0.660. The molecular formula is C11H24O2Si2. The van der Waals surface area contributed by atoms with Crippen LogP contribution >= 0.6 is 0 Å². The zero-order valence-corrected chi connectivity index (χ0v) is 12.4. The first-order chi connectivity index (χ1) is 7.27. The van der Waals surface area contributed by atoms with E-state index in [1.807, 2.05) is 5.70 Å². The largest absolute Gasteiger partial charge is 0.424 e. The summed E-state index contributed by atoms with van der Waals surface area (Å²) in [6.45, 7) is 8.06. The van der Waals surface area contributed by atoms with Crippen molar-refractivity contribution in [3.8, 4) is 0 Å². The number of hydrogen-bond acceptors (Lipinski definition) is 2. The Kier molecular flexibility index (Phi) is 6.48. The van der Waals surface area contributed by atoms with Crippen molar-refractivity contribution >= 4 is 18.1 Å². The lowest BCUT2D eigenvalue weighted by atomic mass is 10.4. The summed E-state index contributed by atoms with van der Waals surface area (Å²) in [4.78, 5) is 0. The van der Waals surface area contributed by atoms with Gasteiger partial charge in [0, 0.05) is 13.2 Å². The van der Waals surface area contributed by atoms with Gasteiger partial charge in [-0.3, -0.25) is 0 Å². The summed E-state index contributed by atoms with van der Waals surface area (Å²) in [7, 11) is -1.34. The maximum absolute atomic E-state index is 5.64. The van der Waals surface area contributed by atoms with Gasteiger partial charge in [-0.15, -0.1) is 6.58 Å². The fraction of sp³-hybridized carbons (Fsp3) is 0.818. The Morgan fingerprint density at radius 1 is 1.20 bits per heavy atom. The van der Waals surface area contributed by atoms with Crippen molar-refractivity contribution in [3.05, 3.63) is 12.3 Å². The van der Waals surface area contributed by atoms with E-state index in [1.165, 1.54) is 37.8 Å². The van der Waals surface area contributed by atoms with Crippen LogP contribution in [-0.2, 0) is 8.85 Å². The minimum atomic E-state index is -1.35. The van der Waals surface area contributed by atoms with Crippen LogP contribution in [0.1, 0.15) is 25.7 Å². The van der Waals surface area contributed by atoms with E-state index < -0.39 is 8.32 Å². The summed E-state index contributed by atoms with van der Waals surface area (Å²) in [5, 5.41) is 0. The molecule has 0 aromatic rings. The summed E-state index contributed by atoms with van der Waals surface area (Å²) >= 11 is 0. The van der Waals surface area contributed by atoms with E-state index in [4.69, 9.17) is 8.85 Å². The monoisotopic (exact) mass is 244 g/mol. The van der Waals surface area contributed by atoms with Gasteiger partial charge in [-0.2, -0.15) is 0 Å². The molecule has 4 heteroatoms. The van der Waals surface area contributed by atoms with Crippen molar-refractivity contribution in [1.82, 2.24) is 0 Å². The van der Waals surface area contributed by atoms with Crippen LogP contribution in [0.15, 0.2) is 12.3 Å².